The van der Waals surface area contributed by atoms with Crippen LogP contribution < -0.4 is 19.5 Å². The average Bonchev–Trinajstić information content (AvgIpc) is 3.14. The highest BCUT2D eigenvalue weighted by Crippen LogP contribution is 2.33. The first-order valence-corrected chi connectivity index (χ1v) is 8.21. The van der Waals surface area contributed by atoms with Gasteiger partial charge in [0, 0.05) is 17.0 Å². The van der Waals surface area contributed by atoms with Crippen molar-refractivity contribution >= 4 is 34.2 Å². The van der Waals surface area contributed by atoms with E-state index in [0.717, 1.165) is 11.3 Å². The molecule has 0 aliphatic heterocycles. The first kappa shape index (κ1) is 17.9. The summed E-state index contributed by atoms with van der Waals surface area (Å²) in [6, 6.07) is 4.72. The van der Waals surface area contributed by atoms with Crippen LogP contribution in [0.4, 0.5) is 14.7 Å². The molecule has 0 atom stereocenters. The molecule has 3 aromatic rings. The number of nitrogens with zero attached hydrogens (tertiary/aromatic N) is 1. The number of aryl methyl sites for hydroxylation is 1. The number of fused-ring (bicyclic) bond motifs is 1. The molecule has 0 unspecified atom stereocenters. The Balaban J connectivity index is 1.88. The minimum atomic E-state index is -3.01. The summed E-state index contributed by atoms with van der Waals surface area (Å²) in [5.74, 6) is 0.388. The molecule has 26 heavy (non-hydrogen) atoms. The van der Waals surface area contributed by atoms with Crippen molar-refractivity contribution in [2.75, 3.05) is 19.5 Å². The van der Waals surface area contributed by atoms with Crippen LogP contribution in [0.15, 0.2) is 18.2 Å². The molecule has 0 saturated carbocycles. The van der Waals surface area contributed by atoms with E-state index in [1.807, 2.05) is 0 Å². The molecule has 138 valence electrons. The number of hydrogen-bond acceptors (Lipinski definition) is 6. The standard InChI is InChI=1S/C16H15F2N3O4S/c1-7-4-12(25-15(17)18)13(26-7)14(22)21-16-19-8-5-10(23-2)11(24-3)6-9(8)20-16/h4-6,15H,1-3H3,(H2,19,20,21,22). The molecule has 0 spiro atoms. The van der Waals surface area contributed by atoms with Crippen LogP contribution in [0.1, 0.15) is 14.5 Å². The Morgan fingerprint density at radius 3 is 2.54 bits per heavy atom. The van der Waals surface area contributed by atoms with Gasteiger partial charge in [-0.05, 0) is 13.0 Å². The average molecular weight is 383 g/mol. The van der Waals surface area contributed by atoms with E-state index in [1.54, 1.807) is 19.1 Å². The van der Waals surface area contributed by atoms with Gasteiger partial charge in [-0.15, -0.1) is 11.3 Å². The molecule has 0 saturated heterocycles. The van der Waals surface area contributed by atoms with Crippen LogP contribution in [-0.4, -0.2) is 36.7 Å². The number of aromatic amines is 1. The van der Waals surface area contributed by atoms with Crippen LogP contribution in [-0.2, 0) is 0 Å². The van der Waals surface area contributed by atoms with Gasteiger partial charge in [-0.25, -0.2) is 4.98 Å². The lowest BCUT2D eigenvalue weighted by Crippen LogP contribution is -2.13. The van der Waals surface area contributed by atoms with Gasteiger partial charge in [-0.3, -0.25) is 10.1 Å². The number of alkyl halides is 2. The molecule has 2 aromatic heterocycles. The Kier molecular flexibility index (Phi) is 4.94. The summed E-state index contributed by atoms with van der Waals surface area (Å²) in [6.07, 6.45) is 0. The third-order valence-electron chi connectivity index (χ3n) is 3.46. The van der Waals surface area contributed by atoms with Crippen LogP contribution in [0, 0.1) is 6.92 Å². The van der Waals surface area contributed by atoms with Gasteiger partial charge < -0.3 is 19.2 Å². The predicted octanol–water partition coefficient (Wildman–Crippen LogP) is 3.80. The van der Waals surface area contributed by atoms with Gasteiger partial charge in [0.1, 0.15) is 10.6 Å². The van der Waals surface area contributed by atoms with E-state index in [1.165, 1.54) is 20.3 Å². The summed E-state index contributed by atoms with van der Waals surface area (Å²) in [5, 5.41) is 2.55. The van der Waals surface area contributed by atoms with Gasteiger partial charge in [0.15, 0.2) is 11.5 Å². The Bertz CT molecular complexity index is 914. The fourth-order valence-corrected chi connectivity index (χ4v) is 3.23. The fraction of sp³-hybridized carbons (Fsp3) is 0.250. The topological polar surface area (TPSA) is 85.5 Å². The Labute approximate surface area is 150 Å². The maximum Gasteiger partial charge on any atom is 0.387 e. The quantitative estimate of drug-likeness (QED) is 0.676. The summed E-state index contributed by atoms with van der Waals surface area (Å²) in [6.45, 7) is -1.32. The summed E-state index contributed by atoms with van der Waals surface area (Å²) in [7, 11) is 3.01. The van der Waals surface area contributed by atoms with Crippen molar-refractivity contribution in [2.45, 2.75) is 13.5 Å². The van der Waals surface area contributed by atoms with Crippen LogP contribution in [0.5, 0.6) is 17.2 Å². The number of H-pyrrole nitrogens is 1. The van der Waals surface area contributed by atoms with E-state index >= 15 is 0 Å². The molecule has 10 heteroatoms. The molecule has 1 aromatic carbocycles. The number of ether oxygens (including phenoxy) is 3. The number of hydrogen-bond donors (Lipinski definition) is 2. The normalized spacial score (nSPS) is 11.0. The molecule has 2 heterocycles. The maximum atomic E-state index is 12.5. The maximum absolute atomic E-state index is 12.5. The molecule has 7 nitrogen and oxygen atoms in total. The Morgan fingerprint density at radius 1 is 1.19 bits per heavy atom. The van der Waals surface area contributed by atoms with Crippen molar-refractivity contribution in [3.05, 3.63) is 28.0 Å². The number of carbonyl (C=O) groups excluding carboxylic acids is 1. The molecule has 0 aliphatic carbocycles. The minimum absolute atomic E-state index is 0.0402. The zero-order chi connectivity index (χ0) is 18.8. The SMILES string of the molecule is COc1cc2nc(NC(=O)c3sc(C)cc3OC(F)F)[nH]c2cc1OC. The van der Waals surface area contributed by atoms with Gasteiger partial charge >= 0.3 is 6.61 Å². The van der Waals surface area contributed by atoms with Crippen LogP contribution in [0.3, 0.4) is 0 Å². The van der Waals surface area contributed by atoms with Crippen molar-refractivity contribution in [2.24, 2.45) is 0 Å². The third kappa shape index (κ3) is 3.54. The summed E-state index contributed by atoms with van der Waals surface area (Å²) < 4.78 is 39.8. The number of nitrogens with one attached hydrogen (secondary N) is 2. The summed E-state index contributed by atoms with van der Waals surface area (Å²) in [5.41, 5.74) is 1.16. The number of amides is 1. The van der Waals surface area contributed by atoms with Crippen molar-refractivity contribution < 1.29 is 27.8 Å². The molecule has 0 radical (unpaired) electrons. The zero-order valence-electron chi connectivity index (χ0n) is 14.1. The smallest absolute Gasteiger partial charge is 0.387 e. The predicted molar refractivity (Wildman–Crippen MR) is 92.8 cm³/mol. The largest absolute Gasteiger partial charge is 0.493 e. The second-order valence-electron chi connectivity index (χ2n) is 5.19. The second kappa shape index (κ2) is 7.16. The van der Waals surface area contributed by atoms with Gasteiger partial charge in [-0.2, -0.15) is 8.78 Å². The number of benzene rings is 1. The van der Waals surface area contributed by atoms with Gasteiger partial charge in [-0.1, -0.05) is 0 Å². The summed E-state index contributed by atoms with van der Waals surface area (Å²) in [4.78, 5) is 20.3. The summed E-state index contributed by atoms with van der Waals surface area (Å²) >= 11 is 1.05. The molecule has 2 N–H and O–H groups in total. The van der Waals surface area contributed by atoms with Crippen LogP contribution >= 0.6 is 11.3 Å². The third-order valence-corrected chi connectivity index (χ3v) is 4.49. The Morgan fingerprint density at radius 2 is 1.88 bits per heavy atom. The van der Waals surface area contributed by atoms with Crippen molar-refractivity contribution in [1.82, 2.24) is 9.97 Å². The number of thiophene rings is 1. The Hall–Kier alpha value is -2.88. The highest BCUT2D eigenvalue weighted by atomic mass is 32.1. The monoisotopic (exact) mass is 383 g/mol. The lowest BCUT2D eigenvalue weighted by atomic mass is 10.3. The van der Waals surface area contributed by atoms with E-state index < -0.39 is 12.5 Å². The molecular weight excluding hydrogens is 368 g/mol. The number of carbonyl (C=O) groups is 1. The zero-order valence-corrected chi connectivity index (χ0v) is 14.9. The number of aromatic nitrogens is 2. The number of halogens is 2. The van der Waals surface area contributed by atoms with Gasteiger partial charge in [0.05, 0.1) is 25.3 Å². The van der Waals surface area contributed by atoms with E-state index in [0.29, 0.717) is 27.4 Å². The fourth-order valence-electron chi connectivity index (χ4n) is 2.39. The minimum Gasteiger partial charge on any atom is -0.493 e. The first-order valence-electron chi connectivity index (χ1n) is 7.39. The van der Waals surface area contributed by atoms with E-state index in [2.05, 4.69) is 20.0 Å². The molecular formula is C16H15F2N3O4S. The number of rotatable bonds is 6. The van der Waals surface area contributed by atoms with Gasteiger partial charge in [0.2, 0.25) is 5.95 Å². The molecule has 1 amide bonds. The lowest BCUT2D eigenvalue weighted by molar-refractivity contribution is -0.0498. The van der Waals surface area contributed by atoms with Gasteiger partial charge in [0.25, 0.3) is 5.91 Å². The van der Waals surface area contributed by atoms with Crippen LogP contribution in [0.2, 0.25) is 0 Å². The van der Waals surface area contributed by atoms with Crippen molar-refractivity contribution in [3.8, 4) is 17.2 Å². The number of imidazole rings is 1. The van der Waals surface area contributed by atoms with Crippen molar-refractivity contribution in [3.63, 3.8) is 0 Å². The first-order chi connectivity index (χ1) is 12.4. The highest BCUT2D eigenvalue weighted by molar-refractivity contribution is 7.14. The molecule has 0 aliphatic rings. The second-order valence-corrected chi connectivity index (χ2v) is 6.45. The number of anilines is 1. The molecule has 3 rings (SSSR count). The number of methoxy groups -OCH3 is 2. The van der Waals surface area contributed by atoms with Crippen molar-refractivity contribution in [1.29, 1.82) is 0 Å². The molecule has 0 fully saturated rings. The lowest BCUT2D eigenvalue weighted by Gasteiger charge is -2.06. The molecule has 0 bridgehead atoms. The van der Waals surface area contributed by atoms with E-state index in [4.69, 9.17) is 9.47 Å². The van der Waals surface area contributed by atoms with Crippen LogP contribution in [0.25, 0.3) is 11.0 Å². The van der Waals surface area contributed by atoms with E-state index in [-0.39, 0.29) is 16.6 Å². The highest BCUT2D eigenvalue weighted by Gasteiger charge is 2.20. The van der Waals surface area contributed by atoms with E-state index in [9.17, 15) is 13.6 Å².